The number of hydrogen-bond donors (Lipinski definition) is 1. The minimum atomic E-state index is 0.0501. The van der Waals surface area contributed by atoms with E-state index in [0.29, 0.717) is 6.61 Å². The van der Waals surface area contributed by atoms with Gasteiger partial charge in [0, 0.05) is 6.61 Å². The summed E-state index contributed by atoms with van der Waals surface area (Å²) < 4.78 is 11.4. The Morgan fingerprint density at radius 2 is 1.11 bits per heavy atom. The first-order chi connectivity index (χ1) is 13.4. The molecule has 1 saturated heterocycles. The molecule has 1 aliphatic heterocycles. The maximum absolute atomic E-state index is 9.05. The highest BCUT2D eigenvalue weighted by molar-refractivity contribution is 4.72. The van der Waals surface area contributed by atoms with Crippen LogP contribution in [0.1, 0.15) is 122 Å². The lowest BCUT2D eigenvalue weighted by Crippen LogP contribution is -2.19. The lowest BCUT2D eigenvalue weighted by molar-refractivity contribution is -0.0318. The molecule has 27 heavy (non-hydrogen) atoms. The smallest absolute Gasteiger partial charge is 0.0814 e. The van der Waals surface area contributed by atoms with E-state index in [0.717, 1.165) is 19.4 Å². The zero-order chi connectivity index (χ0) is 19.4. The fraction of sp³-hybridized carbons (Fsp3) is 1.00. The molecule has 0 saturated carbocycles. The lowest BCUT2D eigenvalue weighted by atomic mass is 10.0. The van der Waals surface area contributed by atoms with E-state index in [-0.39, 0.29) is 18.8 Å². The first-order valence-corrected chi connectivity index (χ1v) is 12.2. The van der Waals surface area contributed by atoms with Crippen LogP contribution in [0.3, 0.4) is 0 Å². The van der Waals surface area contributed by atoms with E-state index in [9.17, 15) is 0 Å². The molecule has 2 atom stereocenters. The van der Waals surface area contributed by atoms with Crippen LogP contribution in [0.4, 0.5) is 0 Å². The summed E-state index contributed by atoms with van der Waals surface area (Å²) in [6.07, 6.45) is 24.7. The fourth-order valence-corrected chi connectivity index (χ4v) is 4.00. The van der Waals surface area contributed by atoms with Gasteiger partial charge in [-0.2, -0.15) is 0 Å². The number of ether oxygens (including phenoxy) is 2. The van der Waals surface area contributed by atoms with Gasteiger partial charge >= 0.3 is 0 Å². The summed E-state index contributed by atoms with van der Waals surface area (Å²) in [7, 11) is 0. The van der Waals surface area contributed by atoms with Gasteiger partial charge in [-0.15, -0.1) is 0 Å². The maximum atomic E-state index is 9.05. The molecule has 0 amide bonds. The summed E-state index contributed by atoms with van der Waals surface area (Å²) in [5.41, 5.74) is 0. The number of unbranched alkanes of at least 4 members (excludes halogenated alkanes) is 15. The Kier molecular flexibility index (Phi) is 17.7. The second kappa shape index (κ2) is 19.2. The molecule has 1 N–H and O–H groups in total. The van der Waals surface area contributed by atoms with Crippen LogP contribution in [0.2, 0.25) is 0 Å². The van der Waals surface area contributed by atoms with Crippen molar-refractivity contribution in [2.75, 3.05) is 19.8 Å². The van der Waals surface area contributed by atoms with Crippen molar-refractivity contribution in [3.63, 3.8) is 0 Å². The van der Waals surface area contributed by atoms with Crippen LogP contribution in [0.15, 0.2) is 0 Å². The van der Waals surface area contributed by atoms with Crippen molar-refractivity contribution in [2.24, 2.45) is 0 Å². The van der Waals surface area contributed by atoms with Gasteiger partial charge in [0.05, 0.1) is 25.4 Å². The van der Waals surface area contributed by atoms with Crippen molar-refractivity contribution < 1.29 is 14.6 Å². The van der Waals surface area contributed by atoms with Gasteiger partial charge in [-0.1, -0.05) is 103 Å². The monoisotopic (exact) mass is 384 g/mol. The SMILES string of the molecule is CCCCCCCCCCCCCCCCCCOCC1CCC(CO)O1. The quantitative estimate of drug-likeness (QED) is 0.234. The molecule has 0 spiro atoms. The van der Waals surface area contributed by atoms with Crippen LogP contribution >= 0.6 is 0 Å². The highest BCUT2D eigenvalue weighted by atomic mass is 16.5. The first-order valence-electron chi connectivity index (χ1n) is 12.2. The van der Waals surface area contributed by atoms with E-state index in [4.69, 9.17) is 14.6 Å². The molecule has 0 bridgehead atoms. The van der Waals surface area contributed by atoms with Gasteiger partial charge in [-0.05, 0) is 19.3 Å². The van der Waals surface area contributed by atoms with Crippen molar-refractivity contribution in [1.82, 2.24) is 0 Å². The number of aliphatic hydroxyl groups excluding tert-OH is 1. The summed E-state index contributed by atoms with van der Waals surface area (Å²) in [5, 5.41) is 9.05. The summed E-state index contributed by atoms with van der Waals surface area (Å²) in [4.78, 5) is 0. The molecule has 3 nitrogen and oxygen atoms in total. The Morgan fingerprint density at radius 3 is 1.56 bits per heavy atom. The number of hydrogen-bond acceptors (Lipinski definition) is 3. The standard InChI is InChI=1S/C24H48O3/c1-2-3-4-5-6-7-8-9-10-11-12-13-14-15-16-17-20-26-22-24-19-18-23(21-25)27-24/h23-25H,2-22H2,1H3. The van der Waals surface area contributed by atoms with E-state index in [1.807, 2.05) is 0 Å². The van der Waals surface area contributed by atoms with Crippen LogP contribution in [-0.2, 0) is 9.47 Å². The van der Waals surface area contributed by atoms with Crippen molar-refractivity contribution in [3.05, 3.63) is 0 Å². The normalized spacial score (nSPS) is 19.8. The first kappa shape index (κ1) is 24.9. The molecule has 0 aromatic heterocycles. The van der Waals surface area contributed by atoms with Crippen LogP contribution in [0, 0.1) is 0 Å². The number of rotatable bonds is 20. The summed E-state index contributed by atoms with van der Waals surface area (Å²) >= 11 is 0. The predicted octanol–water partition coefficient (Wildman–Crippen LogP) is 6.80. The van der Waals surface area contributed by atoms with Crippen molar-refractivity contribution >= 4 is 0 Å². The van der Waals surface area contributed by atoms with Gasteiger partial charge in [0.25, 0.3) is 0 Å². The minimum Gasteiger partial charge on any atom is -0.394 e. The number of aliphatic hydroxyl groups is 1. The molecule has 0 radical (unpaired) electrons. The fourth-order valence-electron chi connectivity index (χ4n) is 4.00. The van der Waals surface area contributed by atoms with E-state index in [1.165, 1.54) is 103 Å². The van der Waals surface area contributed by atoms with Crippen molar-refractivity contribution in [1.29, 1.82) is 0 Å². The average Bonchev–Trinajstić information content (AvgIpc) is 3.15. The zero-order valence-electron chi connectivity index (χ0n) is 18.3. The van der Waals surface area contributed by atoms with Crippen molar-refractivity contribution in [2.45, 2.75) is 135 Å². The Bertz CT molecular complexity index is 295. The van der Waals surface area contributed by atoms with Gasteiger partial charge < -0.3 is 14.6 Å². The van der Waals surface area contributed by atoms with E-state index in [1.54, 1.807) is 0 Å². The van der Waals surface area contributed by atoms with Gasteiger partial charge in [-0.3, -0.25) is 0 Å². The topological polar surface area (TPSA) is 38.7 Å². The molecule has 0 aromatic carbocycles. The zero-order valence-corrected chi connectivity index (χ0v) is 18.3. The average molecular weight is 385 g/mol. The molecular formula is C24H48O3. The molecule has 162 valence electrons. The third-order valence-corrected chi connectivity index (χ3v) is 5.85. The highest BCUT2D eigenvalue weighted by Crippen LogP contribution is 2.19. The summed E-state index contributed by atoms with van der Waals surface area (Å²) in [6.45, 7) is 4.00. The Balaban J connectivity index is 1.67. The van der Waals surface area contributed by atoms with E-state index >= 15 is 0 Å². The van der Waals surface area contributed by atoms with Crippen LogP contribution in [-0.4, -0.2) is 37.1 Å². The molecule has 0 aliphatic carbocycles. The second-order valence-electron chi connectivity index (χ2n) is 8.52. The predicted molar refractivity (Wildman–Crippen MR) is 115 cm³/mol. The van der Waals surface area contributed by atoms with Gasteiger partial charge in [0.1, 0.15) is 0 Å². The molecule has 1 fully saturated rings. The van der Waals surface area contributed by atoms with Gasteiger partial charge in [0.2, 0.25) is 0 Å². The molecule has 2 unspecified atom stereocenters. The van der Waals surface area contributed by atoms with Gasteiger partial charge in [-0.25, -0.2) is 0 Å². The lowest BCUT2D eigenvalue weighted by Gasteiger charge is -2.12. The summed E-state index contributed by atoms with van der Waals surface area (Å²) in [6, 6.07) is 0. The molecule has 1 aliphatic rings. The Labute approximate surface area is 169 Å². The van der Waals surface area contributed by atoms with Gasteiger partial charge in [0.15, 0.2) is 0 Å². The maximum Gasteiger partial charge on any atom is 0.0814 e. The van der Waals surface area contributed by atoms with E-state index in [2.05, 4.69) is 6.92 Å². The molecule has 1 heterocycles. The largest absolute Gasteiger partial charge is 0.394 e. The van der Waals surface area contributed by atoms with Crippen LogP contribution in [0.25, 0.3) is 0 Å². The van der Waals surface area contributed by atoms with Crippen LogP contribution < -0.4 is 0 Å². The molecule has 0 aromatic rings. The molecular weight excluding hydrogens is 336 g/mol. The third kappa shape index (κ3) is 15.5. The van der Waals surface area contributed by atoms with Crippen molar-refractivity contribution in [3.8, 4) is 0 Å². The molecule has 1 rings (SSSR count). The highest BCUT2D eigenvalue weighted by Gasteiger charge is 2.24. The third-order valence-electron chi connectivity index (χ3n) is 5.85. The van der Waals surface area contributed by atoms with E-state index < -0.39 is 0 Å². The van der Waals surface area contributed by atoms with Crippen LogP contribution in [0.5, 0.6) is 0 Å². The second-order valence-corrected chi connectivity index (χ2v) is 8.52. The molecule has 3 heteroatoms. The minimum absolute atomic E-state index is 0.0501. The Morgan fingerprint density at radius 1 is 0.667 bits per heavy atom. The Hall–Kier alpha value is -0.120. The summed E-state index contributed by atoms with van der Waals surface area (Å²) in [5.74, 6) is 0.